The van der Waals surface area contributed by atoms with E-state index in [1.165, 1.54) is 51.4 Å². The van der Waals surface area contributed by atoms with E-state index in [1.807, 2.05) is 6.92 Å². The number of aliphatic hydroxyl groups excluding tert-OH is 2. The molecule has 4 aliphatic carbocycles. The Morgan fingerprint density at radius 3 is 2.52 bits per heavy atom. The maximum Gasteiger partial charge on any atom is 0.0546 e. The lowest BCUT2D eigenvalue weighted by Crippen LogP contribution is -2.55. The van der Waals surface area contributed by atoms with Gasteiger partial charge in [0.15, 0.2) is 0 Å². The summed E-state index contributed by atoms with van der Waals surface area (Å²) in [4.78, 5) is 0. The van der Waals surface area contributed by atoms with Crippen LogP contribution in [0.25, 0.3) is 0 Å². The van der Waals surface area contributed by atoms with Gasteiger partial charge in [0.2, 0.25) is 0 Å². The van der Waals surface area contributed by atoms with Crippen LogP contribution in [0.15, 0.2) is 0 Å². The highest BCUT2D eigenvalue weighted by molar-refractivity contribution is 5.10. The van der Waals surface area contributed by atoms with Crippen molar-refractivity contribution in [2.75, 3.05) is 6.61 Å². The molecular formula is C21H36O2. The zero-order chi connectivity index (χ0) is 16.2. The second kappa shape index (κ2) is 5.73. The van der Waals surface area contributed by atoms with E-state index in [1.54, 1.807) is 0 Å². The Kier molecular flexibility index (Phi) is 4.08. The van der Waals surface area contributed by atoms with Gasteiger partial charge in [-0.05, 0) is 93.3 Å². The van der Waals surface area contributed by atoms with Gasteiger partial charge in [-0.15, -0.1) is 0 Å². The summed E-state index contributed by atoms with van der Waals surface area (Å²) in [5.41, 5.74) is 0.610. The highest BCUT2D eigenvalue weighted by atomic mass is 16.3. The Balaban J connectivity index is 1.64. The molecule has 4 saturated carbocycles. The third kappa shape index (κ3) is 2.20. The largest absolute Gasteiger partial charge is 0.396 e. The van der Waals surface area contributed by atoms with E-state index in [2.05, 4.69) is 6.92 Å². The first kappa shape index (κ1) is 16.4. The lowest BCUT2D eigenvalue weighted by atomic mass is 9.44. The molecule has 0 bridgehead atoms. The maximum atomic E-state index is 10.3. The van der Waals surface area contributed by atoms with Gasteiger partial charge in [-0.3, -0.25) is 0 Å². The summed E-state index contributed by atoms with van der Waals surface area (Å²) in [6.45, 7) is 4.87. The van der Waals surface area contributed by atoms with Gasteiger partial charge in [0, 0.05) is 12.0 Å². The van der Waals surface area contributed by atoms with Crippen LogP contribution < -0.4 is 0 Å². The monoisotopic (exact) mass is 320 g/mol. The van der Waals surface area contributed by atoms with Crippen molar-refractivity contribution in [1.29, 1.82) is 0 Å². The molecule has 0 aromatic carbocycles. The van der Waals surface area contributed by atoms with Crippen LogP contribution in [0.3, 0.4) is 0 Å². The van der Waals surface area contributed by atoms with E-state index in [-0.39, 0.29) is 11.5 Å². The van der Waals surface area contributed by atoms with E-state index >= 15 is 0 Å². The van der Waals surface area contributed by atoms with E-state index in [4.69, 9.17) is 0 Å². The van der Waals surface area contributed by atoms with Gasteiger partial charge in [0.05, 0.1) is 6.10 Å². The predicted molar refractivity (Wildman–Crippen MR) is 92.9 cm³/mol. The molecule has 0 radical (unpaired) electrons. The minimum Gasteiger partial charge on any atom is -0.396 e. The first-order valence-corrected chi connectivity index (χ1v) is 10.3. The maximum absolute atomic E-state index is 10.3. The Bertz CT molecular complexity index is 447. The molecule has 132 valence electrons. The van der Waals surface area contributed by atoms with Crippen LogP contribution in [0, 0.1) is 40.4 Å². The molecule has 0 spiro atoms. The molecule has 0 amide bonds. The van der Waals surface area contributed by atoms with Crippen molar-refractivity contribution < 1.29 is 10.2 Å². The molecule has 0 aliphatic heterocycles. The third-order valence-electron chi connectivity index (χ3n) is 9.24. The van der Waals surface area contributed by atoms with Crippen molar-refractivity contribution in [1.82, 2.24) is 0 Å². The molecule has 4 fully saturated rings. The molecule has 2 N–H and O–H groups in total. The summed E-state index contributed by atoms with van der Waals surface area (Å²) in [6, 6.07) is 0. The lowest BCUT2D eigenvalue weighted by Gasteiger charge is -2.61. The average Bonchev–Trinajstić information content (AvgIpc) is 2.94. The lowest BCUT2D eigenvalue weighted by molar-refractivity contribution is -0.137. The molecule has 0 saturated heterocycles. The van der Waals surface area contributed by atoms with Crippen LogP contribution in [0.2, 0.25) is 0 Å². The van der Waals surface area contributed by atoms with E-state index < -0.39 is 0 Å². The second-order valence-electron chi connectivity index (χ2n) is 9.76. The zero-order valence-electron chi connectivity index (χ0n) is 15.1. The summed E-state index contributed by atoms with van der Waals surface area (Å²) in [6.07, 6.45) is 13.2. The molecule has 8 atom stereocenters. The number of aliphatic hydroxyl groups is 2. The van der Waals surface area contributed by atoms with Crippen LogP contribution in [0.5, 0.6) is 0 Å². The third-order valence-corrected chi connectivity index (χ3v) is 9.24. The van der Waals surface area contributed by atoms with E-state index in [0.717, 1.165) is 30.6 Å². The van der Waals surface area contributed by atoms with Crippen LogP contribution in [0.1, 0.15) is 78.1 Å². The standard InChI is InChI=1S/C21H36O2/c1-14(23)17-8-9-19-16-7-6-15-5-3-4-11-20(15,2)18(16)10-12-21(17,19)13-22/h14-19,22-23H,3-13H2,1-2H3. The fraction of sp³-hybridized carbons (Fsp3) is 1.00. The van der Waals surface area contributed by atoms with Gasteiger partial charge >= 0.3 is 0 Å². The fourth-order valence-electron chi connectivity index (χ4n) is 8.18. The van der Waals surface area contributed by atoms with Gasteiger partial charge in [-0.1, -0.05) is 19.8 Å². The number of hydrogen-bond acceptors (Lipinski definition) is 2. The first-order valence-electron chi connectivity index (χ1n) is 10.3. The Labute approximate surface area is 142 Å². The molecule has 4 aliphatic rings. The quantitative estimate of drug-likeness (QED) is 0.792. The van der Waals surface area contributed by atoms with Crippen LogP contribution in [0.4, 0.5) is 0 Å². The van der Waals surface area contributed by atoms with Crippen LogP contribution in [-0.2, 0) is 0 Å². The van der Waals surface area contributed by atoms with Crippen molar-refractivity contribution in [3.8, 4) is 0 Å². The predicted octanol–water partition coefficient (Wildman–Crippen LogP) is 4.39. The second-order valence-corrected chi connectivity index (χ2v) is 9.76. The van der Waals surface area contributed by atoms with Crippen molar-refractivity contribution >= 4 is 0 Å². The molecular weight excluding hydrogens is 284 g/mol. The normalized spacial score (nSPS) is 54.0. The smallest absolute Gasteiger partial charge is 0.0546 e. The molecule has 2 nitrogen and oxygen atoms in total. The summed E-state index contributed by atoms with van der Waals surface area (Å²) >= 11 is 0. The average molecular weight is 321 g/mol. The van der Waals surface area contributed by atoms with Gasteiger partial charge in [-0.2, -0.15) is 0 Å². The highest BCUT2D eigenvalue weighted by Crippen LogP contribution is 2.67. The molecule has 23 heavy (non-hydrogen) atoms. The van der Waals surface area contributed by atoms with Gasteiger partial charge < -0.3 is 10.2 Å². The van der Waals surface area contributed by atoms with Crippen molar-refractivity contribution in [3.05, 3.63) is 0 Å². The van der Waals surface area contributed by atoms with Crippen molar-refractivity contribution in [2.45, 2.75) is 84.2 Å². The van der Waals surface area contributed by atoms with Gasteiger partial charge in [0.25, 0.3) is 0 Å². The molecule has 2 heteroatoms. The summed E-state index contributed by atoms with van der Waals surface area (Å²) in [7, 11) is 0. The SMILES string of the molecule is CC(O)C1CCC2C3CCC4CCCCC4(C)C3CCC12CO. The number of rotatable bonds is 2. The Morgan fingerprint density at radius 2 is 1.78 bits per heavy atom. The number of fused-ring (bicyclic) bond motifs is 5. The fourth-order valence-corrected chi connectivity index (χ4v) is 8.18. The van der Waals surface area contributed by atoms with Crippen molar-refractivity contribution in [3.63, 3.8) is 0 Å². The topological polar surface area (TPSA) is 40.5 Å². The van der Waals surface area contributed by atoms with Crippen LogP contribution in [-0.4, -0.2) is 22.9 Å². The first-order chi connectivity index (χ1) is 11.0. The highest BCUT2D eigenvalue weighted by Gasteiger charge is 2.61. The minimum atomic E-state index is -0.259. The molecule has 0 aromatic rings. The molecule has 4 rings (SSSR count). The summed E-state index contributed by atoms with van der Waals surface area (Å²) < 4.78 is 0. The Morgan fingerprint density at radius 1 is 0.957 bits per heavy atom. The van der Waals surface area contributed by atoms with Crippen molar-refractivity contribution in [2.24, 2.45) is 40.4 Å². The van der Waals surface area contributed by atoms with E-state index in [9.17, 15) is 10.2 Å². The van der Waals surface area contributed by atoms with Crippen LogP contribution >= 0.6 is 0 Å². The van der Waals surface area contributed by atoms with Gasteiger partial charge in [-0.25, -0.2) is 0 Å². The minimum absolute atomic E-state index is 0.0349. The summed E-state index contributed by atoms with van der Waals surface area (Å²) in [5.74, 6) is 3.67. The summed E-state index contributed by atoms with van der Waals surface area (Å²) in [5, 5.41) is 20.7. The molecule has 8 unspecified atom stereocenters. The Hall–Kier alpha value is -0.0800. The molecule has 0 aromatic heterocycles. The number of hydrogen-bond donors (Lipinski definition) is 2. The zero-order valence-corrected chi connectivity index (χ0v) is 15.1. The van der Waals surface area contributed by atoms with Gasteiger partial charge in [0.1, 0.15) is 0 Å². The van der Waals surface area contributed by atoms with E-state index in [0.29, 0.717) is 23.9 Å². The molecule has 0 heterocycles.